The number of hydrogen-bond acceptors (Lipinski definition) is 2. The van der Waals surface area contributed by atoms with E-state index in [1.54, 1.807) is 0 Å². The molecule has 0 unspecified atom stereocenters. The predicted molar refractivity (Wildman–Crippen MR) is 200 cm³/mol. The van der Waals surface area contributed by atoms with Crippen LogP contribution in [0, 0.1) is 0 Å². The number of anilines is 3. The molecule has 1 heterocycles. The molecule has 46 heavy (non-hydrogen) atoms. The van der Waals surface area contributed by atoms with E-state index in [2.05, 4.69) is 181 Å². The molecule has 216 valence electrons. The standard InChI is InChI=1S/C44H29NS/c1-3-19-34-30(13-1)15-10-23-35(34)32-17-9-18-33(29-32)37-21-5-7-24-39(37)45(40-25-11-16-31-14-2-4-20-36(31)40)41-26-12-28-43-44(41)38-22-6-8-27-42(38)46-43/h1-29H. The van der Waals surface area contributed by atoms with Gasteiger partial charge in [0.05, 0.1) is 17.1 Å². The van der Waals surface area contributed by atoms with Gasteiger partial charge in [-0.25, -0.2) is 0 Å². The molecule has 0 bridgehead atoms. The van der Waals surface area contributed by atoms with Gasteiger partial charge >= 0.3 is 0 Å². The molecule has 0 fully saturated rings. The molecule has 0 aliphatic carbocycles. The molecule has 0 N–H and O–H groups in total. The Morgan fingerprint density at radius 2 is 0.870 bits per heavy atom. The number of fused-ring (bicyclic) bond motifs is 5. The maximum atomic E-state index is 2.49. The first-order valence-corrected chi connectivity index (χ1v) is 16.5. The van der Waals surface area contributed by atoms with Crippen LogP contribution in [-0.4, -0.2) is 0 Å². The summed E-state index contributed by atoms with van der Waals surface area (Å²) in [6, 6.07) is 64.0. The lowest BCUT2D eigenvalue weighted by atomic mass is 9.94. The molecule has 9 aromatic rings. The van der Waals surface area contributed by atoms with E-state index in [-0.39, 0.29) is 0 Å². The minimum absolute atomic E-state index is 1.15. The van der Waals surface area contributed by atoms with Gasteiger partial charge in [0.15, 0.2) is 0 Å². The molecule has 2 heteroatoms. The number of rotatable bonds is 5. The van der Waals surface area contributed by atoms with Gasteiger partial charge in [-0.1, -0.05) is 140 Å². The summed E-state index contributed by atoms with van der Waals surface area (Å²) in [7, 11) is 0. The van der Waals surface area contributed by atoms with Crippen LogP contribution < -0.4 is 4.90 Å². The Morgan fingerprint density at radius 1 is 0.348 bits per heavy atom. The van der Waals surface area contributed by atoms with Gasteiger partial charge in [0, 0.05) is 31.1 Å². The minimum Gasteiger partial charge on any atom is -0.309 e. The van der Waals surface area contributed by atoms with Crippen molar-refractivity contribution >= 4 is 70.1 Å². The molecule has 1 aromatic heterocycles. The van der Waals surface area contributed by atoms with Crippen LogP contribution in [0.5, 0.6) is 0 Å². The molecule has 0 amide bonds. The highest BCUT2D eigenvalue weighted by molar-refractivity contribution is 7.26. The van der Waals surface area contributed by atoms with Crippen LogP contribution >= 0.6 is 11.3 Å². The first-order chi connectivity index (χ1) is 22.8. The van der Waals surface area contributed by atoms with Crippen molar-refractivity contribution in [2.45, 2.75) is 0 Å². The van der Waals surface area contributed by atoms with Crippen LogP contribution in [0.1, 0.15) is 0 Å². The van der Waals surface area contributed by atoms with Crippen molar-refractivity contribution in [1.29, 1.82) is 0 Å². The molecule has 0 saturated heterocycles. The van der Waals surface area contributed by atoms with E-state index in [9.17, 15) is 0 Å². The second-order valence-corrected chi connectivity index (χ2v) is 12.8. The van der Waals surface area contributed by atoms with Gasteiger partial charge in [-0.15, -0.1) is 11.3 Å². The topological polar surface area (TPSA) is 3.24 Å². The smallest absolute Gasteiger partial charge is 0.0555 e. The van der Waals surface area contributed by atoms with E-state index < -0.39 is 0 Å². The van der Waals surface area contributed by atoms with Crippen molar-refractivity contribution < 1.29 is 0 Å². The molecule has 0 spiro atoms. The van der Waals surface area contributed by atoms with Crippen LogP contribution in [0.15, 0.2) is 176 Å². The summed E-state index contributed by atoms with van der Waals surface area (Å²) in [5.74, 6) is 0. The van der Waals surface area contributed by atoms with Crippen LogP contribution in [-0.2, 0) is 0 Å². The molecule has 8 aromatic carbocycles. The van der Waals surface area contributed by atoms with Crippen molar-refractivity contribution in [1.82, 2.24) is 0 Å². The van der Waals surface area contributed by atoms with Crippen molar-refractivity contribution in [3.05, 3.63) is 176 Å². The zero-order valence-electron chi connectivity index (χ0n) is 25.1. The zero-order chi connectivity index (χ0) is 30.5. The van der Waals surface area contributed by atoms with Crippen LogP contribution in [0.25, 0.3) is 64.0 Å². The third kappa shape index (κ3) is 4.38. The number of hydrogen-bond donors (Lipinski definition) is 0. The fourth-order valence-electron chi connectivity index (χ4n) is 6.98. The zero-order valence-corrected chi connectivity index (χ0v) is 25.9. The third-order valence-corrected chi connectivity index (χ3v) is 10.2. The lowest BCUT2D eigenvalue weighted by Gasteiger charge is -2.30. The fourth-order valence-corrected chi connectivity index (χ4v) is 8.11. The Hall–Kier alpha value is -5.70. The molecule has 0 saturated carbocycles. The van der Waals surface area contributed by atoms with Gasteiger partial charge in [-0.05, 0) is 69.2 Å². The Morgan fingerprint density at radius 3 is 1.74 bits per heavy atom. The summed E-state index contributed by atoms with van der Waals surface area (Å²) in [5, 5.41) is 7.55. The normalized spacial score (nSPS) is 11.5. The van der Waals surface area contributed by atoms with Gasteiger partial charge in [-0.3, -0.25) is 0 Å². The van der Waals surface area contributed by atoms with E-state index in [1.165, 1.54) is 75.3 Å². The molecule has 0 aliphatic heterocycles. The molecule has 1 nitrogen and oxygen atoms in total. The van der Waals surface area contributed by atoms with E-state index in [0.717, 1.165) is 5.69 Å². The summed E-state index contributed by atoms with van der Waals surface area (Å²) in [6.07, 6.45) is 0. The first kappa shape index (κ1) is 26.7. The second-order valence-electron chi connectivity index (χ2n) is 11.7. The monoisotopic (exact) mass is 603 g/mol. The third-order valence-electron chi connectivity index (χ3n) is 9.05. The highest BCUT2D eigenvalue weighted by Gasteiger charge is 2.22. The van der Waals surface area contributed by atoms with Gasteiger partial charge in [-0.2, -0.15) is 0 Å². The van der Waals surface area contributed by atoms with Gasteiger partial charge in [0.2, 0.25) is 0 Å². The number of benzene rings is 8. The maximum absolute atomic E-state index is 2.49. The van der Waals surface area contributed by atoms with Gasteiger partial charge in [0.25, 0.3) is 0 Å². The Labute approximate surface area is 272 Å². The minimum atomic E-state index is 1.15. The number of para-hydroxylation sites is 1. The predicted octanol–water partition coefficient (Wildman–Crippen LogP) is 13.2. The highest BCUT2D eigenvalue weighted by atomic mass is 32.1. The van der Waals surface area contributed by atoms with Crippen LogP contribution in [0.3, 0.4) is 0 Å². The van der Waals surface area contributed by atoms with Crippen LogP contribution in [0.2, 0.25) is 0 Å². The molecule has 0 aliphatic rings. The molecule has 0 radical (unpaired) electrons. The lowest BCUT2D eigenvalue weighted by Crippen LogP contribution is -2.12. The van der Waals surface area contributed by atoms with Crippen molar-refractivity contribution in [2.24, 2.45) is 0 Å². The quantitative estimate of drug-likeness (QED) is 0.189. The van der Waals surface area contributed by atoms with Gasteiger partial charge in [0.1, 0.15) is 0 Å². The average Bonchev–Trinajstić information content (AvgIpc) is 3.51. The summed E-state index contributed by atoms with van der Waals surface area (Å²) in [6.45, 7) is 0. The Bertz CT molecular complexity index is 2550. The largest absolute Gasteiger partial charge is 0.309 e. The SMILES string of the molecule is c1cc(-c2ccccc2N(c2cccc3ccccc23)c2cccc3sc4ccccc4c23)cc(-c2cccc3ccccc23)c1. The molecular formula is C44H29NS. The molecule has 0 atom stereocenters. The summed E-state index contributed by atoms with van der Waals surface area (Å²) >= 11 is 1.86. The fraction of sp³-hybridized carbons (Fsp3) is 0. The second kappa shape index (κ2) is 11.0. The van der Waals surface area contributed by atoms with E-state index in [0.29, 0.717) is 0 Å². The summed E-state index contributed by atoms with van der Waals surface area (Å²) in [4.78, 5) is 2.49. The van der Waals surface area contributed by atoms with E-state index in [4.69, 9.17) is 0 Å². The number of nitrogens with zero attached hydrogens (tertiary/aromatic N) is 1. The van der Waals surface area contributed by atoms with Crippen molar-refractivity contribution in [3.8, 4) is 22.3 Å². The molecular weight excluding hydrogens is 575 g/mol. The highest BCUT2D eigenvalue weighted by Crippen LogP contribution is 2.48. The Balaban J connectivity index is 1.32. The van der Waals surface area contributed by atoms with Crippen molar-refractivity contribution in [3.63, 3.8) is 0 Å². The molecule has 9 rings (SSSR count). The summed E-state index contributed by atoms with van der Waals surface area (Å²) < 4.78 is 2.60. The first-order valence-electron chi connectivity index (χ1n) is 15.7. The summed E-state index contributed by atoms with van der Waals surface area (Å²) in [5.41, 5.74) is 8.34. The number of thiophene rings is 1. The van der Waals surface area contributed by atoms with Crippen molar-refractivity contribution in [2.75, 3.05) is 4.90 Å². The lowest BCUT2D eigenvalue weighted by molar-refractivity contribution is 1.31. The average molecular weight is 604 g/mol. The van der Waals surface area contributed by atoms with Crippen LogP contribution in [0.4, 0.5) is 17.1 Å². The maximum Gasteiger partial charge on any atom is 0.0555 e. The van der Waals surface area contributed by atoms with E-state index in [1.807, 2.05) is 11.3 Å². The Kier molecular flexibility index (Phi) is 6.40. The van der Waals surface area contributed by atoms with E-state index >= 15 is 0 Å². The van der Waals surface area contributed by atoms with Gasteiger partial charge < -0.3 is 4.90 Å².